The van der Waals surface area contributed by atoms with Gasteiger partial charge in [0.05, 0.1) is 0 Å². The molecule has 0 saturated carbocycles. The Morgan fingerprint density at radius 1 is 1.45 bits per heavy atom. The fourth-order valence-electron chi connectivity index (χ4n) is 1.94. The number of halogens is 1. The summed E-state index contributed by atoms with van der Waals surface area (Å²) < 4.78 is 0.809. The van der Waals surface area contributed by atoms with Crippen molar-refractivity contribution in [3.05, 3.63) is 50.6 Å². The van der Waals surface area contributed by atoms with Crippen molar-refractivity contribution in [2.24, 2.45) is 0 Å². The molecule has 1 heterocycles. The third-order valence-corrected chi connectivity index (χ3v) is 4.92. The molecule has 0 fully saturated rings. The number of rotatable bonds is 4. The van der Waals surface area contributed by atoms with Gasteiger partial charge in [-0.3, -0.25) is 4.79 Å². The molecule has 0 spiro atoms. The average Bonchev–Trinajstić information content (AvgIpc) is 2.93. The van der Waals surface area contributed by atoms with Crippen molar-refractivity contribution in [3.63, 3.8) is 0 Å². The molecular formula is C15H17BrN2OS. The molecule has 0 bridgehead atoms. The van der Waals surface area contributed by atoms with E-state index in [0.717, 1.165) is 10.9 Å². The van der Waals surface area contributed by atoms with Crippen molar-refractivity contribution < 1.29 is 4.79 Å². The standard InChI is InChI=1S/C15H17BrN2OS/c1-10(8-12-4-3-7-20-12)18(2)15(19)11-5-6-13(16)14(17)9-11/h3-7,9-10H,8,17H2,1-2H3. The number of amides is 1. The topological polar surface area (TPSA) is 46.3 Å². The van der Waals surface area contributed by atoms with Crippen LogP contribution in [-0.4, -0.2) is 23.9 Å². The molecule has 2 N–H and O–H groups in total. The first-order valence-corrected chi connectivity index (χ1v) is 8.01. The number of hydrogen-bond acceptors (Lipinski definition) is 3. The number of thiophene rings is 1. The number of nitrogens with two attached hydrogens (primary N) is 1. The maximum atomic E-state index is 12.4. The summed E-state index contributed by atoms with van der Waals surface area (Å²) in [6, 6.07) is 9.57. The summed E-state index contributed by atoms with van der Waals surface area (Å²) >= 11 is 5.05. The van der Waals surface area contributed by atoms with Crippen LogP contribution in [0.4, 0.5) is 5.69 Å². The van der Waals surface area contributed by atoms with E-state index in [1.54, 1.807) is 34.4 Å². The SMILES string of the molecule is CC(Cc1cccs1)N(C)C(=O)c1ccc(Br)c(N)c1. The lowest BCUT2D eigenvalue weighted by atomic mass is 10.1. The number of nitrogen functional groups attached to an aromatic ring is 1. The molecule has 0 aliphatic heterocycles. The van der Waals surface area contributed by atoms with Crippen LogP contribution in [-0.2, 0) is 6.42 Å². The van der Waals surface area contributed by atoms with E-state index in [4.69, 9.17) is 5.73 Å². The van der Waals surface area contributed by atoms with Gasteiger partial charge in [0.25, 0.3) is 5.91 Å². The van der Waals surface area contributed by atoms with Crippen LogP contribution in [0.25, 0.3) is 0 Å². The average molecular weight is 353 g/mol. The summed E-state index contributed by atoms with van der Waals surface area (Å²) in [6.45, 7) is 2.06. The van der Waals surface area contributed by atoms with E-state index in [1.807, 2.05) is 13.1 Å². The minimum absolute atomic E-state index is 0.00624. The molecule has 5 heteroatoms. The Balaban J connectivity index is 2.09. The molecule has 3 nitrogen and oxygen atoms in total. The molecule has 0 saturated heterocycles. The van der Waals surface area contributed by atoms with E-state index >= 15 is 0 Å². The Hall–Kier alpha value is -1.33. The van der Waals surface area contributed by atoms with Crippen LogP contribution in [0.2, 0.25) is 0 Å². The molecule has 0 radical (unpaired) electrons. The van der Waals surface area contributed by atoms with Crippen LogP contribution in [0.3, 0.4) is 0 Å². The molecule has 2 aromatic rings. The van der Waals surface area contributed by atoms with Crippen LogP contribution in [0.15, 0.2) is 40.2 Å². The Labute approximate surface area is 131 Å². The third-order valence-electron chi connectivity index (χ3n) is 3.30. The van der Waals surface area contributed by atoms with Crippen molar-refractivity contribution in [1.29, 1.82) is 0 Å². The zero-order valence-electron chi connectivity index (χ0n) is 11.5. The van der Waals surface area contributed by atoms with E-state index in [9.17, 15) is 4.79 Å². The molecule has 1 aromatic carbocycles. The Morgan fingerprint density at radius 3 is 2.80 bits per heavy atom. The smallest absolute Gasteiger partial charge is 0.253 e. The third kappa shape index (κ3) is 3.41. The van der Waals surface area contributed by atoms with Crippen molar-refractivity contribution in [3.8, 4) is 0 Å². The molecule has 1 amide bonds. The number of carbonyl (C=O) groups is 1. The Bertz CT molecular complexity index is 598. The second kappa shape index (κ2) is 6.41. The Kier molecular flexibility index (Phi) is 4.83. The first-order valence-electron chi connectivity index (χ1n) is 6.33. The summed E-state index contributed by atoms with van der Waals surface area (Å²) in [4.78, 5) is 15.5. The van der Waals surface area contributed by atoms with Gasteiger partial charge in [-0.1, -0.05) is 6.07 Å². The molecule has 1 unspecified atom stereocenters. The highest BCUT2D eigenvalue weighted by Gasteiger charge is 2.18. The maximum Gasteiger partial charge on any atom is 0.253 e. The summed E-state index contributed by atoms with van der Waals surface area (Å²) in [6.07, 6.45) is 0.867. The number of benzene rings is 1. The Morgan fingerprint density at radius 2 is 2.20 bits per heavy atom. The van der Waals surface area contributed by atoms with E-state index in [2.05, 4.69) is 34.3 Å². The van der Waals surface area contributed by atoms with Gasteiger partial charge in [-0.15, -0.1) is 11.3 Å². The fraction of sp³-hybridized carbons (Fsp3) is 0.267. The van der Waals surface area contributed by atoms with Crippen LogP contribution in [0.5, 0.6) is 0 Å². The normalized spacial score (nSPS) is 12.2. The van der Waals surface area contributed by atoms with Crippen molar-refractivity contribution in [2.45, 2.75) is 19.4 Å². The number of nitrogens with zero attached hydrogens (tertiary/aromatic N) is 1. The predicted molar refractivity (Wildman–Crippen MR) is 88.1 cm³/mol. The number of anilines is 1. The minimum Gasteiger partial charge on any atom is -0.398 e. The second-order valence-corrected chi connectivity index (χ2v) is 6.67. The maximum absolute atomic E-state index is 12.4. The lowest BCUT2D eigenvalue weighted by molar-refractivity contribution is 0.0744. The number of likely N-dealkylation sites (N-methyl/N-ethyl adjacent to an activating group) is 1. The monoisotopic (exact) mass is 352 g/mol. The highest BCUT2D eigenvalue weighted by atomic mass is 79.9. The van der Waals surface area contributed by atoms with Gasteiger partial charge in [0.1, 0.15) is 0 Å². The van der Waals surface area contributed by atoms with Crippen LogP contribution in [0.1, 0.15) is 22.2 Å². The quantitative estimate of drug-likeness (QED) is 0.850. The van der Waals surface area contributed by atoms with Gasteiger partial charge < -0.3 is 10.6 Å². The van der Waals surface area contributed by atoms with Gasteiger partial charge >= 0.3 is 0 Å². The number of hydrogen-bond donors (Lipinski definition) is 1. The molecule has 106 valence electrons. The summed E-state index contributed by atoms with van der Waals surface area (Å²) in [7, 11) is 1.83. The van der Waals surface area contributed by atoms with Crippen molar-refractivity contribution >= 4 is 38.9 Å². The second-order valence-electron chi connectivity index (χ2n) is 4.78. The van der Waals surface area contributed by atoms with Gasteiger partial charge in [-0.2, -0.15) is 0 Å². The van der Waals surface area contributed by atoms with Gasteiger partial charge in [-0.25, -0.2) is 0 Å². The van der Waals surface area contributed by atoms with E-state index in [0.29, 0.717) is 11.3 Å². The van der Waals surface area contributed by atoms with Gasteiger partial charge in [0.15, 0.2) is 0 Å². The lowest BCUT2D eigenvalue weighted by Gasteiger charge is -2.25. The molecule has 0 aliphatic carbocycles. The predicted octanol–water partition coefficient (Wildman–Crippen LogP) is 3.80. The summed E-state index contributed by atoms with van der Waals surface area (Å²) in [5.74, 6) is -0.00624. The van der Waals surface area contributed by atoms with Crippen molar-refractivity contribution in [1.82, 2.24) is 4.90 Å². The minimum atomic E-state index is -0.00624. The highest BCUT2D eigenvalue weighted by Crippen LogP contribution is 2.22. The molecule has 2 rings (SSSR count). The lowest BCUT2D eigenvalue weighted by Crippen LogP contribution is -2.36. The first kappa shape index (κ1) is 15.1. The molecule has 1 aromatic heterocycles. The van der Waals surface area contributed by atoms with Crippen molar-refractivity contribution in [2.75, 3.05) is 12.8 Å². The largest absolute Gasteiger partial charge is 0.398 e. The molecule has 20 heavy (non-hydrogen) atoms. The molecule has 0 aliphatic rings. The van der Waals surface area contributed by atoms with Crippen LogP contribution >= 0.6 is 27.3 Å². The molecular weight excluding hydrogens is 336 g/mol. The molecule has 1 atom stereocenters. The fourth-order valence-corrected chi connectivity index (χ4v) is 3.01. The van der Waals surface area contributed by atoms with E-state index < -0.39 is 0 Å². The zero-order chi connectivity index (χ0) is 14.7. The summed E-state index contributed by atoms with van der Waals surface area (Å²) in [5.41, 5.74) is 7.02. The van der Waals surface area contributed by atoms with Crippen LogP contribution in [0, 0.1) is 0 Å². The number of carbonyl (C=O) groups excluding carboxylic acids is 1. The van der Waals surface area contributed by atoms with Gasteiger partial charge in [-0.05, 0) is 52.5 Å². The zero-order valence-corrected chi connectivity index (χ0v) is 13.9. The summed E-state index contributed by atoms with van der Waals surface area (Å²) in [5, 5.41) is 2.05. The van der Waals surface area contributed by atoms with E-state index in [-0.39, 0.29) is 11.9 Å². The van der Waals surface area contributed by atoms with Gasteiger partial charge in [0.2, 0.25) is 0 Å². The highest BCUT2D eigenvalue weighted by molar-refractivity contribution is 9.10. The first-order chi connectivity index (χ1) is 9.49. The van der Waals surface area contributed by atoms with Gasteiger partial charge in [0, 0.05) is 40.1 Å². The van der Waals surface area contributed by atoms with E-state index in [1.165, 1.54) is 4.88 Å². The van der Waals surface area contributed by atoms with Crippen LogP contribution < -0.4 is 5.73 Å².